The smallest absolute Gasteiger partial charge is 0.233 e. The summed E-state index contributed by atoms with van der Waals surface area (Å²) in [6.07, 6.45) is 4.77. The lowest BCUT2D eigenvalue weighted by Gasteiger charge is -2.23. The van der Waals surface area contributed by atoms with Crippen molar-refractivity contribution in [2.24, 2.45) is 0 Å². The van der Waals surface area contributed by atoms with E-state index in [0.29, 0.717) is 19.3 Å². The summed E-state index contributed by atoms with van der Waals surface area (Å²) in [6.45, 7) is 3.40. The fraction of sp³-hybridized carbons (Fsp3) is 0.917. The third-order valence-corrected chi connectivity index (χ3v) is 4.64. The van der Waals surface area contributed by atoms with Gasteiger partial charge in [0.15, 0.2) is 0 Å². The number of amides is 1. The minimum atomic E-state index is 0.189. The Morgan fingerprint density at radius 2 is 2.18 bits per heavy atom. The topological polar surface area (TPSA) is 50.4 Å². The minimum Gasteiger partial charge on any atom is -0.376 e. The molecule has 98 valence electrons. The van der Waals surface area contributed by atoms with Crippen LogP contribution in [-0.2, 0) is 9.53 Å². The van der Waals surface area contributed by atoms with Crippen molar-refractivity contribution < 1.29 is 9.53 Å². The van der Waals surface area contributed by atoms with Gasteiger partial charge in [-0.3, -0.25) is 4.79 Å². The Labute approximate surface area is 107 Å². The second kappa shape index (κ2) is 7.24. The van der Waals surface area contributed by atoms with Crippen molar-refractivity contribution in [1.82, 2.24) is 10.6 Å². The van der Waals surface area contributed by atoms with Crippen molar-refractivity contribution in [2.45, 2.75) is 37.0 Å². The predicted octanol–water partition coefficient (Wildman–Crippen LogP) is 0.767. The van der Waals surface area contributed by atoms with Crippen LogP contribution < -0.4 is 10.6 Å². The summed E-state index contributed by atoms with van der Waals surface area (Å²) in [6, 6.07) is 0. The second-order valence-electron chi connectivity index (χ2n) is 4.61. The van der Waals surface area contributed by atoms with Crippen LogP contribution in [0, 0.1) is 0 Å². The summed E-state index contributed by atoms with van der Waals surface area (Å²) in [7, 11) is 0. The average molecular weight is 258 g/mol. The van der Waals surface area contributed by atoms with Crippen LogP contribution >= 0.6 is 11.8 Å². The van der Waals surface area contributed by atoms with Gasteiger partial charge in [0.05, 0.1) is 18.0 Å². The Morgan fingerprint density at radius 1 is 1.35 bits per heavy atom. The van der Waals surface area contributed by atoms with E-state index in [0.717, 1.165) is 38.1 Å². The van der Waals surface area contributed by atoms with E-state index in [1.54, 1.807) is 11.8 Å². The zero-order valence-corrected chi connectivity index (χ0v) is 11.1. The standard InChI is InChI=1S/C12H22N2O2S/c15-12(11-2-1-9-17-11)14-7-8-16-10-3-5-13-6-4-10/h10-11,13H,1-9H2,(H,14,15). The van der Waals surface area contributed by atoms with Crippen molar-refractivity contribution in [3.63, 3.8) is 0 Å². The highest BCUT2D eigenvalue weighted by Crippen LogP contribution is 2.25. The predicted molar refractivity (Wildman–Crippen MR) is 70.3 cm³/mol. The Kier molecular flexibility index (Phi) is 5.61. The monoisotopic (exact) mass is 258 g/mol. The van der Waals surface area contributed by atoms with Crippen LogP contribution in [0.5, 0.6) is 0 Å². The maximum atomic E-state index is 11.7. The molecule has 1 unspecified atom stereocenters. The highest BCUT2D eigenvalue weighted by molar-refractivity contribution is 8.00. The van der Waals surface area contributed by atoms with E-state index in [1.807, 2.05) is 0 Å². The lowest BCUT2D eigenvalue weighted by Crippen LogP contribution is -2.36. The number of hydrogen-bond donors (Lipinski definition) is 2. The molecule has 2 aliphatic rings. The number of ether oxygens (including phenoxy) is 1. The van der Waals surface area contributed by atoms with E-state index < -0.39 is 0 Å². The summed E-state index contributed by atoms with van der Waals surface area (Å²) in [4.78, 5) is 11.7. The Balaban J connectivity index is 1.51. The molecule has 5 heteroatoms. The molecular weight excluding hydrogens is 236 g/mol. The van der Waals surface area contributed by atoms with Gasteiger partial charge in [-0.1, -0.05) is 0 Å². The molecule has 2 saturated heterocycles. The van der Waals surface area contributed by atoms with Crippen molar-refractivity contribution in [1.29, 1.82) is 0 Å². The zero-order valence-electron chi connectivity index (χ0n) is 10.2. The number of nitrogens with one attached hydrogen (secondary N) is 2. The first-order chi connectivity index (χ1) is 8.36. The van der Waals surface area contributed by atoms with Crippen molar-refractivity contribution >= 4 is 17.7 Å². The second-order valence-corrected chi connectivity index (χ2v) is 5.92. The summed E-state index contributed by atoms with van der Waals surface area (Å²) in [5.74, 6) is 1.32. The van der Waals surface area contributed by atoms with E-state index in [1.165, 1.54) is 6.42 Å². The van der Waals surface area contributed by atoms with Crippen LogP contribution in [0.1, 0.15) is 25.7 Å². The SMILES string of the molecule is O=C(NCCOC1CCNCC1)C1CCCS1. The Bertz CT molecular complexity index is 239. The van der Waals surface area contributed by atoms with Crippen LogP contribution in [0.2, 0.25) is 0 Å². The van der Waals surface area contributed by atoms with E-state index in [9.17, 15) is 4.79 Å². The van der Waals surface area contributed by atoms with Gasteiger partial charge in [0, 0.05) is 6.54 Å². The Morgan fingerprint density at radius 3 is 2.88 bits per heavy atom. The first-order valence-corrected chi connectivity index (χ1v) is 7.63. The minimum absolute atomic E-state index is 0.189. The summed E-state index contributed by atoms with van der Waals surface area (Å²) in [5, 5.41) is 6.46. The molecule has 0 radical (unpaired) electrons. The molecule has 2 rings (SSSR count). The summed E-state index contributed by atoms with van der Waals surface area (Å²) in [5.41, 5.74) is 0. The number of thioether (sulfide) groups is 1. The van der Waals surface area contributed by atoms with Crippen LogP contribution in [0.3, 0.4) is 0 Å². The molecule has 0 spiro atoms. The molecule has 0 saturated carbocycles. The van der Waals surface area contributed by atoms with E-state index >= 15 is 0 Å². The summed E-state index contributed by atoms with van der Waals surface area (Å²) < 4.78 is 5.73. The fourth-order valence-corrected chi connectivity index (χ4v) is 3.45. The van der Waals surface area contributed by atoms with E-state index in [2.05, 4.69) is 10.6 Å². The van der Waals surface area contributed by atoms with Gasteiger partial charge in [0.2, 0.25) is 5.91 Å². The maximum absolute atomic E-state index is 11.7. The number of piperidine rings is 1. The molecule has 0 aromatic rings. The maximum Gasteiger partial charge on any atom is 0.233 e. The molecule has 1 amide bonds. The molecule has 2 N–H and O–H groups in total. The van der Waals surface area contributed by atoms with Crippen LogP contribution in [0.15, 0.2) is 0 Å². The molecule has 4 nitrogen and oxygen atoms in total. The molecule has 17 heavy (non-hydrogen) atoms. The van der Waals surface area contributed by atoms with Crippen LogP contribution in [-0.4, -0.2) is 49.3 Å². The van der Waals surface area contributed by atoms with Gasteiger partial charge in [0.25, 0.3) is 0 Å². The van der Waals surface area contributed by atoms with Gasteiger partial charge in [-0.2, -0.15) is 0 Å². The summed E-state index contributed by atoms with van der Waals surface area (Å²) >= 11 is 1.78. The molecule has 0 aromatic carbocycles. The van der Waals surface area contributed by atoms with Gasteiger partial charge in [-0.05, 0) is 44.5 Å². The molecule has 0 aromatic heterocycles. The first kappa shape index (κ1) is 13.2. The van der Waals surface area contributed by atoms with Gasteiger partial charge < -0.3 is 15.4 Å². The quantitative estimate of drug-likeness (QED) is 0.715. The highest BCUT2D eigenvalue weighted by atomic mass is 32.2. The first-order valence-electron chi connectivity index (χ1n) is 6.58. The molecule has 2 fully saturated rings. The largest absolute Gasteiger partial charge is 0.376 e. The lowest BCUT2D eigenvalue weighted by atomic mass is 10.1. The number of rotatable bonds is 5. The lowest BCUT2D eigenvalue weighted by molar-refractivity contribution is -0.121. The average Bonchev–Trinajstić information content (AvgIpc) is 2.89. The highest BCUT2D eigenvalue weighted by Gasteiger charge is 2.22. The van der Waals surface area contributed by atoms with E-state index in [4.69, 9.17) is 4.74 Å². The molecular formula is C12H22N2O2S. The van der Waals surface area contributed by atoms with Gasteiger partial charge in [0.1, 0.15) is 0 Å². The third-order valence-electron chi connectivity index (χ3n) is 3.26. The number of hydrogen-bond acceptors (Lipinski definition) is 4. The molecule has 0 bridgehead atoms. The van der Waals surface area contributed by atoms with Gasteiger partial charge >= 0.3 is 0 Å². The fourth-order valence-electron chi connectivity index (χ4n) is 2.26. The van der Waals surface area contributed by atoms with E-state index in [-0.39, 0.29) is 11.2 Å². The molecule has 2 aliphatic heterocycles. The van der Waals surface area contributed by atoms with Crippen LogP contribution in [0.25, 0.3) is 0 Å². The van der Waals surface area contributed by atoms with Gasteiger partial charge in [-0.25, -0.2) is 0 Å². The zero-order chi connectivity index (χ0) is 11.9. The Hall–Kier alpha value is -0.260. The molecule has 2 heterocycles. The van der Waals surface area contributed by atoms with Crippen LogP contribution in [0.4, 0.5) is 0 Å². The normalized spacial score (nSPS) is 26.0. The number of carbonyl (C=O) groups is 1. The molecule has 0 aliphatic carbocycles. The van der Waals surface area contributed by atoms with Crippen molar-refractivity contribution in [2.75, 3.05) is 32.0 Å². The van der Waals surface area contributed by atoms with Crippen molar-refractivity contribution in [3.8, 4) is 0 Å². The third kappa shape index (κ3) is 4.48. The number of carbonyl (C=O) groups excluding carboxylic acids is 1. The van der Waals surface area contributed by atoms with Gasteiger partial charge in [-0.15, -0.1) is 11.8 Å². The van der Waals surface area contributed by atoms with Crippen molar-refractivity contribution in [3.05, 3.63) is 0 Å². The molecule has 1 atom stereocenters.